The lowest BCUT2D eigenvalue weighted by atomic mass is 9.97. The monoisotopic (exact) mass is 346 g/mol. The molecule has 0 unspecified atom stereocenters. The van der Waals surface area contributed by atoms with Crippen LogP contribution in [0.3, 0.4) is 0 Å². The van der Waals surface area contributed by atoms with Crippen LogP contribution in [0.4, 0.5) is 0 Å². The molecule has 110 valence electrons. The number of halogens is 1. The molecule has 1 saturated carbocycles. The molecule has 0 amide bonds. The molecule has 1 aliphatic carbocycles. The zero-order valence-electron chi connectivity index (χ0n) is 11.9. The molecule has 2 atom stereocenters. The number of ether oxygens (including phenoxy) is 1. The highest BCUT2D eigenvalue weighted by Gasteiger charge is 2.26. The lowest BCUT2D eigenvalue weighted by Crippen LogP contribution is -2.30. The first-order valence-corrected chi connectivity index (χ1v) is 8.46. The number of carbonyl (C=O) groups excluding carboxylic acids is 1. The molecular weight excluding hydrogens is 328 g/mol. The first-order valence-electron chi connectivity index (χ1n) is 7.54. The van der Waals surface area contributed by atoms with Gasteiger partial charge in [-0.1, -0.05) is 64.8 Å². The van der Waals surface area contributed by atoms with Crippen LogP contribution in [0.2, 0.25) is 0 Å². The van der Waals surface area contributed by atoms with Gasteiger partial charge in [-0.25, -0.2) is 0 Å². The second kappa shape index (κ2) is 6.61. The highest BCUT2D eigenvalue weighted by atomic mass is 79.9. The van der Waals surface area contributed by atoms with Crippen molar-refractivity contribution in [2.24, 2.45) is 0 Å². The van der Waals surface area contributed by atoms with Gasteiger partial charge >= 0.3 is 5.97 Å². The summed E-state index contributed by atoms with van der Waals surface area (Å²) in [4.78, 5) is 12.5. The molecule has 0 N–H and O–H groups in total. The van der Waals surface area contributed by atoms with Crippen LogP contribution < -0.4 is 0 Å². The van der Waals surface area contributed by atoms with E-state index in [9.17, 15) is 4.79 Å². The fraction of sp³-hybridized carbons (Fsp3) is 0.389. The molecule has 2 aromatic carbocycles. The van der Waals surface area contributed by atoms with Crippen molar-refractivity contribution in [1.82, 2.24) is 0 Å². The molecule has 0 radical (unpaired) electrons. The van der Waals surface area contributed by atoms with E-state index >= 15 is 0 Å². The van der Waals surface area contributed by atoms with E-state index < -0.39 is 0 Å². The van der Waals surface area contributed by atoms with Gasteiger partial charge in [0, 0.05) is 0 Å². The summed E-state index contributed by atoms with van der Waals surface area (Å²) in [7, 11) is 0. The predicted octanol–water partition coefficient (Wildman–Crippen LogP) is 4.63. The molecule has 3 rings (SSSR count). The van der Waals surface area contributed by atoms with Crippen LogP contribution in [0.1, 0.15) is 31.2 Å². The smallest absolute Gasteiger partial charge is 0.310 e. The third kappa shape index (κ3) is 3.46. The largest absolute Gasteiger partial charge is 0.461 e. The summed E-state index contributed by atoms with van der Waals surface area (Å²) in [6.45, 7) is 0. The Balaban J connectivity index is 1.71. The zero-order chi connectivity index (χ0) is 14.7. The zero-order valence-corrected chi connectivity index (χ0v) is 13.5. The summed E-state index contributed by atoms with van der Waals surface area (Å²) in [5, 5.41) is 2.30. The van der Waals surface area contributed by atoms with Gasteiger partial charge < -0.3 is 4.74 Å². The molecule has 2 nitrogen and oxygen atoms in total. The third-order valence-electron chi connectivity index (χ3n) is 4.12. The Kier molecular flexibility index (Phi) is 4.59. The predicted molar refractivity (Wildman–Crippen MR) is 88.7 cm³/mol. The van der Waals surface area contributed by atoms with E-state index in [2.05, 4.69) is 34.1 Å². The van der Waals surface area contributed by atoms with Crippen molar-refractivity contribution in [3.8, 4) is 0 Å². The van der Waals surface area contributed by atoms with Gasteiger partial charge in [0.2, 0.25) is 0 Å². The Hall–Kier alpha value is -1.35. The second-order valence-electron chi connectivity index (χ2n) is 5.64. The SMILES string of the molecule is O=C(Cc1cccc2ccccc12)O[C@@H]1CCCC[C@H]1Br. The summed E-state index contributed by atoms with van der Waals surface area (Å²) in [5.74, 6) is -0.122. The summed E-state index contributed by atoms with van der Waals surface area (Å²) >= 11 is 3.63. The summed E-state index contributed by atoms with van der Waals surface area (Å²) < 4.78 is 5.67. The second-order valence-corrected chi connectivity index (χ2v) is 6.82. The van der Waals surface area contributed by atoms with Gasteiger partial charge in [-0.15, -0.1) is 0 Å². The molecule has 1 aliphatic rings. The van der Waals surface area contributed by atoms with E-state index in [1.807, 2.05) is 24.3 Å². The van der Waals surface area contributed by atoms with Crippen LogP contribution in [0, 0.1) is 0 Å². The van der Waals surface area contributed by atoms with E-state index in [-0.39, 0.29) is 12.1 Å². The summed E-state index contributed by atoms with van der Waals surface area (Å²) in [6.07, 6.45) is 4.80. The molecule has 0 saturated heterocycles. The minimum atomic E-state index is -0.122. The number of carbonyl (C=O) groups is 1. The van der Waals surface area contributed by atoms with Crippen molar-refractivity contribution in [2.45, 2.75) is 43.0 Å². The maximum atomic E-state index is 12.2. The number of rotatable bonds is 3. The van der Waals surface area contributed by atoms with Crippen LogP contribution in [-0.2, 0) is 16.0 Å². The lowest BCUT2D eigenvalue weighted by molar-refractivity contribution is -0.149. The number of hydrogen-bond acceptors (Lipinski definition) is 2. The van der Waals surface area contributed by atoms with Crippen molar-refractivity contribution in [2.75, 3.05) is 0 Å². The number of hydrogen-bond donors (Lipinski definition) is 0. The molecule has 0 aromatic heterocycles. The van der Waals surface area contributed by atoms with E-state index in [1.54, 1.807) is 0 Å². The molecule has 21 heavy (non-hydrogen) atoms. The number of fused-ring (bicyclic) bond motifs is 1. The van der Waals surface area contributed by atoms with Crippen LogP contribution in [0.15, 0.2) is 42.5 Å². The molecule has 1 fully saturated rings. The van der Waals surface area contributed by atoms with E-state index in [0.717, 1.165) is 30.2 Å². The van der Waals surface area contributed by atoms with Gasteiger partial charge in [-0.05, 0) is 35.6 Å². The normalized spacial score (nSPS) is 22.1. The first-order chi connectivity index (χ1) is 10.2. The third-order valence-corrected chi connectivity index (χ3v) is 5.17. The summed E-state index contributed by atoms with van der Waals surface area (Å²) in [6, 6.07) is 14.2. The van der Waals surface area contributed by atoms with E-state index in [0.29, 0.717) is 11.2 Å². The Morgan fingerprint density at radius 2 is 1.86 bits per heavy atom. The molecule has 3 heteroatoms. The van der Waals surface area contributed by atoms with Crippen molar-refractivity contribution >= 4 is 32.7 Å². The van der Waals surface area contributed by atoms with E-state index in [1.165, 1.54) is 11.8 Å². The molecule has 2 aromatic rings. The van der Waals surface area contributed by atoms with Crippen LogP contribution in [0.5, 0.6) is 0 Å². The molecule has 0 spiro atoms. The molecule has 0 bridgehead atoms. The van der Waals surface area contributed by atoms with Gasteiger partial charge in [0.1, 0.15) is 6.10 Å². The van der Waals surface area contributed by atoms with Gasteiger partial charge in [-0.3, -0.25) is 4.79 Å². The maximum Gasteiger partial charge on any atom is 0.310 e. The Morgan fingerprint density at radius 1 is 1.10 bits per heavy atom. The fourth-order valence-corrected chi connectivity index (χ4v) is 3.69. The van der Waals surface area contributed by atoms with Gasteiger partial charge in [0.25, 0.3) is 0 Å². The van der Waals surface area contributed by atoms with Crippen LogP contribution in [0.25, 0.3) is 10.8 Å². The number of alkyl halides is 1. The van der Waals surface area contributed by atoms with Gasteiger partial charge in [0.15, 0.2) is 0 Å². The van der Waals surface area contributed by atoms with Crippen molar-refractivity contribution in [1.29, 1.82) is 0 Å². The van der Waals surface area contributed by atoms with Crippen LogP contribution in [-0.4, -0.2) is 16.9 Å². The molecular formula is C18H19BrO2. The first kappa shape index (κ1) is 14.6. The van der Waals surface area contributed by atoms with E-state index in [4.69, 9.17) is 4.74 Å². The van der Waals surface area contributed by atoms with Crippen molar-refractivity contribution in [3.63, 3.8) is 0 Å². The Labute approximate surface area is 133 Å². The number of benzene rings is 2. The molecule has 0 heterocycles. The number of esters is 1. The Morgan fingerprint density at radius 3 is 2.71 bits per heavy atom. The van der Waals surface area contributed by atoms with Crippen LogP contribution >= 0.6 is 15.9 Å². The van der Waals surface area contributed by atoms with Gasteiger partial charge in [-0.2, -0.15) is 0 Å². The average molecular weight is 347 g/mol. The lowest BCUT2D eigenvalue weighted by Gasteiger charge is -2.27. The van der Waals surface area contributed by atoms with Crippen molar-refractivity contribution < 1.29 is 9.53 Å². The van der Waals surface area contributed by atoms with Gasteiger partial charge in [0.05, 0.1) is 11.2 Å². The quantitative estimate of drug-likeness (QED) is 0.598. The van der Waals surface area contributed by atoms with Crippen molar-refractivity contribution in [3.05, 3.63) is 48.0 Å². The minimum absolute atomic E-state index is 0.0289. The average Bonchev–Trinajstić information content (AvgIpc) is 2.50. The maximum absolute atomic E-state index is 12.2. The Bertz CT molecular complexity index is 633. The molecule has 0 aliphatic heterocycles. The summed E-state index contributed by atoms with van der Waals surface area (Å²) in [5.41, 5.74) is 1.04. The highest BCUT2D eigenvalue weighted by Crippen LogP contribution is 2.27. The topological polar surface area (TPSA) is 26.3 Å². The fourth-order valence-electron chi connectivity index (χ4n) is 3.00. The highest BCUT2D eigenvalue weighted by molar-refractivity contribution is 9.09. The minimum Gasteiger partial charge on any atom is -0.461 e. The standard InChI is InChI=1S/C18H19BrO2/c19-16-10-3-4-11-17(16)21-18(20)12-14-8-5-7-13-6-1-2-9-15(13)14/h1-2,5-9,16-17H,3-4,10-12H2/t16-,17-/m1/s1.